The van der Waals surface area contributed by atoms with Gasteiger partial charge in [0, 0.05) is 9.90 Å². The Labute approximate surface area is 101 Å². The molecule has 4 heteroatoms. The molecular weight excluding hydrogens is 244 g/mol. The first kappa shape index (κ1) is 9.87. The lowest BCUT2D eigenvalue weighted by Crippen LogP contribution is -2.09. The lowest BCUT2D eigenvalue weighted by molar-refractivity contribution is -0.137. The van der Waals surface area contributed by atoms with Gasteiger partial charge in [-0.15, -0.1) is 11.3 Å². The average molecular weight is 251 g/mol. The summed E-state index contributed by atoms with van der Waals surface area (Å²) in [6.45, 7) is 0. The van der Waals surface area contributed by atoms with Crippen LogP contribution in [0.5, 0.6) is 0 Å². The van der Waals surface area contributed by atoms with Gasteiger partial charge >= 0.3 is 5.97 Å². The summed E-state index contributed by atoms with van der Waals surface area (Å²) in [6, 6.07) is 7.33. The number of carbonyl (C=O) groups is 1. The lowest BCUT2D eigenvalue weighted by Gasteiger charge is -2.06. The van der Waals surface area contributed by atoms with Gasteiger partial charge in [0.15, 0.2) is 0 Å². The van der Waals surface area contributed by atoms with Gasteiger partial charge < -0.3 is 5.11 Å². The average Bonchev–Trinajstić information content (AvgIpc) is 2.75. The van der Waals surface area contributed by atoms with Gasteiger partial charge in [0.2, 0.25) is 0 Å². The Morgan fingerprint density at radius 1 is 1.31 bits per heavy atom. The summed E-state index contributed by atoms with van der Waals surface area (Å²) in [4.78, 5) is 12.4. The summed E-state index contributed by atoms with van der Waals surface area (Å²) < 4.78 is 0. The molecule has 2 aromatic rings. The van der Waals surface area contributed by atoms with Gasteiger partial charge in [-0.2, -0.15) is 0 Å². The molecular formula is C12H7ClO2S. The van der Waals surface area contributed by atoms with Crippen LogP contribution in [-0.2, 0) is 4.79 Å². The van der Waals surface area contributed by atoms with Crippen LogP contribution >= 0.6 is 22.9 Å². The minimum atomic E-state index is -0.819. The van der Waals surface area contributed by atoms with Crippen LogP contribution in [-0.4, -0.2) is 11.1 Å². The van der Waals surface area contributed by atoms with Crippen LogP contribution in [0.25, 0.3) is 10.4 Å². The smallest absolute Gasteiger partial charge is 0.315 e. The van der Waals surface area contributed by atoms with Crippen LogP contribution < -0.4 is 0 Å². The van der Waals surface area contributed by atoms with Gasteiger partial charge in [0.25, 0.3) is 0 Å². The van der Waals surface area contributed by atoms with Gasteiger partial charge in [0.1, 0.15) is 5.92 Å². The maximum atomic E-state index is 11.3. The molecule has 0 spiro atoms. The van der Waals surface area contributed by atoms with E-state index in [1.54, 1.807) is 23.5 Å². The first-order chi connectivity index (χ1) is 7.68. The molecule has 0 saturated carbocycles. The third-order valence-corrected chi connectivity index (χ3v) is 4.02. The molecule has 1 heterocycles. The molecule has 0 amide bonds. The largest absolute Gasteiger partial charge is 0.481 e. The van der Waals surface area contributed by atoms with Crippen molar-refractivity contribution in [3.63, 3.8) is 0 Å². The first-order valence-corrected chi connectivity index (χ1v) is 6.04. The van der Waals surface area contributed by atoms with Crippen LogP contribution in [0.15, 0.2) is 29.6 Å². The molecule has 0 bridgehead atoms. The van der Waals surface area contributed by atoms with Gasteiger partial charge in [-0.3, -0.25) is 4.79 Å². The van der Waals surface area contributed by atoms with Crippen LogP contribution in [0, 0.1) is 0 Å². The molecule has 1 aliphatic carbocycles. The van der Waals surface area contributed by atoms with Crippen LogP contribution in [0.3, 0.4) is 0 Å². The van der Waals surface area contributed by atoms with Gasteiger partial charge in [-0.05, 0) is 40.3 Å². The van der Waals surface area contributed by atoms with Crippen molar-refractivity contribution >= 4 is 28.9 Å². The van der Waals surface area contributed by atoms with Crippen molar-refractivity contribution in [1.29, 1.82) is 0 Å². The fraction of sp³-hybridized carbons (Fsp3) is 0.0833. The molecule has 1 unspecified atom stereocenters. The Balaban J connectivity index is 2.32. The Morgan fingerprint density at radius 2 is 2.12 bits per heavy atom. The van der Waals surface area contributed by atoms with Crippen LogP contribution in [0.4, 0.5) is 0 Å². The molecule has 0 fully saturated rings. The number of fused-ring (bicyclic) bond motifs is 3. The van der Waals surface area contributed by atoms with E-state index in [1.165, 1.54) is 0 Å². The number of carboxylic acids is 1. The number of benzene rings is 1. The normalized spacial score (nSPS) is 16.9. The standard InChI is InChI=1S/C12H7ClO2S/c13-6-1-2-7-9(5-6)10(12(14)15)8-3-4-16-11(7)8/h1-5,10H,(H,14,15). The Kier molecular flexibility index (Phi) is 2.06. The molecule has 2 nitrogen and oxygen atoms in total. The monoisotopic (exact) mass is 250 g/mol. The second-order valence-corrected chi connectivity index (χ2v) is 5.06. The van der Waals surface area contributed by atoms with E-state index in [0.717, 1.165) is 21.6 Å². The van der Waals surface area contributed by atoms with Crippen molar-refractivity contribution in [2.45, 2.75) is 5.92 Å². The first-order valence-electron chi connectivity index (χ1n) is 4.78. The lowest BCUT2D eigenvalue weighted by atomic mass is 9.98. The molecule has 1 aromatic carbocycles. The van der Waals surface area contributed by atoms with E-state index in [-0.39, 0.29) is 0 Å². The number of thiophene rings is 1. The predicted octanol–water partition coefficient (Wildman–Crippen LogP) is 3.60. The molecule has 0 radical (unpaired) electrons. The minimum Gasteiger partial charge on any atom is -0.481 e. The second kappa shape index (κ2) is 3.34. The Hall–Kier alpha value is -1.32. The zero-order valence-corrected chi connectivity index (χ0v) is 9.68. The summed E-state index contributed by atoms with van der Waals surface area (Å²) in [5.74, 6) is -1.38. The highest BCUT2D eigenvalue weighted by Crippen LogP contribution is 2.48. The maximum Gasteiger partial charge on any atom is 0.315 e. The quantitative estimate of drug-likeness (QED) is 0.840. The maximum absolute atomic E-state index is 11.3. The SMILES string of the molecule is O=C(O)C1c2cc(Cl)ccc2-c2sccc21. The summed E-state index contributed by atoms with van der Waals surface area (Å²) >= 11 is 7.49. The van der Waals surface area contributed by atoms with Crippen LogP contribution in [0.2, 0.25) is 5.02 Å². The van der Waals surface area contributed by atoms with Crippen molar-refractivity contribution in [1.82, 2.24) is 0 Å². The van der Waals surface area contributed by atoms with E-state index in [9.17, 15) is 9.90 Å². The molecule has 16 heavy (non-hydrogen) atoms. The Bertz CT molecular complexity index is 588. The van der Waals surface area contributed by atoms with Gasteiger partial charge in [0.05, 0.1) is 0 Å². The molecule has 1 atom stereocenters. The van der Waals surface area contributed by atoms with Crippen LogP contribution in [0.1, 0.15) is 17.0 Å². The zero-order chi connectivity index (χ0) is 11.3. The highest BCUT2D eigenvalue weighted by atomic mass is 35.5. The molecule has 0 aliphatic heterocycles. The Morgan fingerprint density at radius 3 is 2.88 bits per heavy atom. The topological polar surface area (TPSA) is 37.3 Å². The summed E-state index contributed by atoms with van der Waals surface area (Å²) in [6.07, 6.45) is 0. The van der Waals surface area contributed by atoms with E-state index in [1.807, 2.05) is 17.5 Å². The highest BCUT2D eigenvalue weighted by molar-refractivity contribution is 7.14. The van der Waals surface area contributed by atoms with E-state index in [0.29, 0.717) is 5.02 Å². The van der Waals surface area contributed by atoms with Crippen molar-refractivity contribution in [3.05, 3.63) is 45.8 Å². The third kappa shape index (κ3) is 1.22. The third-order valence-electron chi connectivity index (χ3n) is 2.82. The summed E-state index contributed by atoms with van der Waals surface area (Å²) in [5, 5.41) is 11.8. The van der Waals surface area contributed by atoms with Crippen molar-refractivity contribution < 1.29 is 9.90 Å². The van der Waals surface area contributed by atoms with E-state index < -0.39 is 11.9 Å². The van der Waals surface area contributed by atoms with E-state index in [2.05, 4.69) is 0 Å². The minimum absolute atomic E-state index is 0.560. The van der Waals surface area contributed by atoms with E-state index in [4.69, 9.17) is 11.6 Å². The summed E-state index contributed by atoms with van der Waals surface area (Å²) in [7, 11) is 0. The summed E-state index contributed by atoms with van der Waals surface area (Å²) in [5.41, 5.74) is 2.69. The zero-order valence-electron chi connectivity index (χ0n) is 8.11. The molecule has 1 N–H and O–H groups in total. The van der Waals surface area contributed by atoms with Crippen molar-refractivity contribution in [2.75, 3.05) is 0 Å². The van der Waals surface area contributed by atoms with Crippen molar-refractivity contribution in [3.8, 4) is 10.4 Å². The fourth-order valence-corrected chi connectivity index (χ4v) is 3.34. The molecule has 3 rings (SSSR count). The second-order valence-electron chi connectivity index (χ2n) is 3.71. The number of carboxylic acid groups (broad SMARTS) is 1. The van der Waals surface area contributed by atoms with Gasteiger partial charge in [-0.1, -0.05) is 17.7 Å². The highest BCUT2D eigenvalue weighted by Gasteiger charge is 2.34. The molecule has 1 aliphatic rings. The number of hydrogen-bond acceptors (Lipinski definition) is 2. The molecule has 0 saturated heterocycles. The van der Waals surface area contributed by atoms with Crippen molar-refractivity contribution in [2.24, 2.45) is 0 Å². The van der Waals surface area contributed by atoms with Gasteiger partial charge in [-0.25, -0.2) is 0 Å². The molecule has 80 valence electrons. The fourth-order valence-electron chi connectivity index (χ4n) is 2.18. The number of hydrogen-bond donors (Lipinski definition) is 1. The molecule has 1 aromatic heterocycles. The number of rotatable bonds is 1. The predicted molar refractivity (Wildman–Crippen MR) is 64.2 cm³/mol. The number of halogens is 1. The number of aliphatic carboxylic acids is 1. The van der Waals surface area contributed by atoms with E-state index >= 15 is 0 Å².